The molecule has 3 N–H and O–H groups in total. The Balaban J connectivity index is 2.21. The molecule has 2 rings (SSSR count). The van der Waals surface area contributed by atoms with Crippen molar-refractivity contribution in [2.75, 3.05) is 19.0 Å². The van der Waals surface area contributed by atoms with Crippen LogP contribution >= 0.6 is 0 Å². The van der Waals surface area contributed by atoms with E-state index in [2.05, 4.69) is 15.3 Å². The Bertz CT molecular complexity index is 830. The molecule has 0 saturated carbocycles. The molecular weight excluding hydrogens is 368 g/mol. The first-order valence-corrected chi connectivity index (χ1v) is 7.67. The van der Waals surface area contributed by atoms with Crippen LogP contribution in [0.3, 0.4) is 0 Å². The first-order chi connectivity index (χ1) is 12.8. The van der Waals surface area contributed by atoms with E-state index in [0.29, 0.717) is 0 Å². The highest BCUT2D eigenvalue weighted by Gasteiger charge is 2.28. The van der Waals surface area contributed by atoms with E-state index >= 15 is 0 Å². The normalized spacial score (nSPS) is 13.7. The molecule has 1 aromatic carbocycles. The molecule has 0 fully saturated rings. The van der Waals surface area contributed by atoms with Gasteiger partial charge in [0.15, 0.2) is 12.3 Å². The van der Waals surface area contributed by atoms with Crippen LogP contribution in [0, 0.1) is 11.6 Å². The lowest BCUT2D eigenvalue weighted by Crippen LogP contribution is -2.30. The zero-order chi connectivity index (χ0) is 20.0. The summed E-state index contributed by atoms with van der Waals surface area (Å²) < 4.78 is 59.3. The van der Waals surface area contributed by atoms with Crippen LogP contribution in [0.25, 0.3) is 0 Å². The summed E-state index contributed by atoms with van der Waals surface area (Å²) in [6, 6.07) is 4.81. The topological polar surface area (TPSA) is 89.6 Å². The first-order valence-electron chi connectivity index (χ1n) is 7.67. The van der Waals surface area contributed by atoms with E-state index in [1.54, 1.807) is 0 Å². The van der Waals surface area contributed by atoms with Gasteiger partial charge in [0.1, 0.15) is 24.0 Å². The number of aromatic nitrogens is 1. The molecule has 0 saturated heterocycles. The van der Waals surface area contributed by atoms with Gasteiger partial charge in [0.25, 0.3) is 11.9 Å². The molecule has 27 heavy (non-hydrogen) atoms. The fraction of sp³-hybridized carbons (Fsp3) is 0.235. The molecule has 0 aliphatic carbocycles. The van der Waals surface area contributed by atoms with Gasteiger partial charge < -0.3 is 15.8 Å². The van der Waals surface area contributed by atoms with Crippen molar-refractivity contribution in [3.8, 4) is 0 Å². The molecule has 1 aromatic heterocycles. The smallest absolute Gasteiger partial charge is 0.282 e. The molecule has 0 unspecified atom stereocenters. The van der Waals surface area contributed by atoms with Gasteiger partial charge in [-0.25, -0.2) is 27.5 Å². The highest BCUT2D eigenvalue weighted by Crippen LogP contribution is 2.29. The fourth-order valence-electron chi connectivity index (χ4n) is 2.12. The number of anilines is 1. The number of carbonyl (C=O) groups excluding carboxylic acids is 1. The number of alkyl halides is 2. The number of aliphatic imine (C=N–C) groups is 1. The number of nitrogens with two attached hydrogens (primary N) is 1. The van der Waals surface area contributed by atoms with Crippen LogP contribution in [0.15, 0.2) is 41.5 Å². The number of pyridine rings is 1. The molecule has 2 aromatic rings. The molecule has 0 spiro atoms. The van der Waals surface area contributed by atoms with Gasteiger partial charge in [-0.05, 0) is 30.3 Å². The maximum Gasteiger partial charge on any atom is 0.282 e. The van der Waals surface area contributed by atoms with E-state index in [9.17, 15) is 22.4 Å². The number of amides is 1. The van der Waals surface area contributed by atoms with Gasteiger partial charge >= 0.3 is 0 Å². The van der Waals surface area contributed by atoms with E-state index < -0.39 is 48.1 Å². The van der Waals surface area contributed by atoms with E-state index in [0.717, 1.165) is 30.5 Å². The van der Waals surface area contributed by atoms with Crippen LogP contribution in [-0.2, 0) is 4.74 Å². The molecule has 0 radical (unpaired) electrons. The third kappa shape index (κ3) is 5.16. The number of nitrogens with zero attached hydrogens (tertiary/aromatic N) is 2. The first kappa shape index (κ1) is 20.1. The highest BCUT2D eigenvalue weighted by atomic mass is 19.2. The summed E-state index contributed by atoms with van der Waals surface area (Å²) in [5.41, 5.74) is 4.68. The minimum Gasteiger partial charge on any atom is -0.456 e. The monoisotopic (exact) mass is 384 g/mol. The van der Waals surface area contributed by atoms with Crippen molar-refractivity contribution in [3.63, 3.8) is 0 Å². The highest BCUT2D eigenvalue weighted by molar-refractivity contribution is 6.02. The Labute approximate surface area is 152 Å². The third-order valence-corrected chi connectivity index (χ3v) is 3.48. The van der Waals surface area contributed by atoms with E-state index in [4.69, 9.17) is 10.5 Å². The maximum absolute atomic E-state index is 14.6. The summed E-state index contributed by atoms with van der Waals surface area (Å²) in [4.78, 5) is 19.1. The van der Waals surface area contributed by atoms with Crippen molar-refractivity contribution < 1.29 is 27.1 Å². The van der Waals surface area contributed by atoms with Crippen molar-refractivity contribution in [2.45, 2.75) is 12.3 Å². The molecule has 0 bridgehead atoms. The van der Waals surface area contributed by atoms with Crippen molar-refractivity contribution in [3.05, 3.63) is 59.4 Å². The number of rotatable bonds is 6. The van der Waals surface area contributed by atoms with Gasteiger partial charge in [0.2, 0.25) is 0 Å². The Morgan fingerprint density at radius 1 is 1.33 bits per heavy atom. The standard InChI is InChI=1S/C17H16F4N4O2/c1-23-17(22)27-14(7-18)15(21)11-6-10(3-4-12(11)20)25-16(26)13-5-2-9(19)8-24-13/h2-6,8,14-15H,7H2,1H3,(H2,22,23)(H,25,26)/t14-,15-/m1/s1. The minimum absolute atomic E-state index is 0.0277. The molecule has 1 heterocycles. The predicted octanol–water partition coefficient (Wildman–Crippen LogP) is 2.92. The quantitative estimate of drug-likeness (QED) is 0.455. The Morgan fingerprint density at radius 3 is 2.67 bits per heavy atom. The third-order valence-electron chi connectivity index (χ3n) is 3.48. The number of carbonyl (C=O) groups is 1. The van der Waals surface area contributed by atoms with Gasteiger partial charge in [0.05, 0.1) is 6.20 Å². The second-order valence-corrected chi connectivity index (χ2v) is 5.33. The summed E-state index contributed by atoms with van der Waals surface area (Å²) in [6.07, 6.45) is -3.07. The largest absolute Gasteiger partial charge is 0.456 e. The summed E-state index contributed by atoms with van der Waals surface area (Å²) in [6.45, 7) is -1.28. The molecule has 144 valence electrons. The predicted molar refractivity (Wildman–Crippen MR) is 90.8 cm³/mol. The van der Waals surface area contributed by atoms with Gasteiger partial charge in [0, 0.05) is 18.3 Å². The second kappa shape index (κ2) is 8.97. The van der Waals surface area contributed by atoms with Crippen molar-refractivity contribution in [1.82, 2.24) is 4.98 Å². The van der Waals surface area contributed by atoms with Crippen LogP contribution in [0.2, 0.25) is 0 Å². The molecule has 1 amide bonds. The van der Waals surface area contributed by atoms with Crippen molar-refractivity contribution >= 4 is 17.6 Å². The zero-order valence-corrected chi connectivity index (χ0v) is 14.1. The average molecular weight is 384 g/mol. The van der Waals surface area contributed by atoms with Crippen molar-refractivity contribution in [2.24, 2.45) is 10.7 Å². The van der Waals surface area contributed by atoms with Gasteiger partial charge in [-0.15, -0.1) is 0 Å². The van der Waals surface area contributed by atoms with Crippen LogP contribution in [-0.4, -0.2) is 36.7 Å². The number of halogens is 4. The number of hydrogen-bond donors (Lipinski definition) is 2. The van der Waals surface area contributed by atoms with Gasteiger partial charge in [-0.1, -0.05) is 0 Å². The van der Waals surface area contributed by atoms with Crippen LogP contribution in [0.5, 0.6) is 0 Å². The number of hydrogen-bond acceptors (Lipinski definition) is 4. The number of ether oxygens (including phenoxy) is 1. The average Bonchev–Trinajstić information content (AvgIpc) is 2.67. The molecule has 2 atom stereocenters. The van der Waals surface area contributed by atoms with Gasteiger partial charge in [-0.3, -0.25) is 4.79 Å². The number of amidine groups is 1. The summed E-state index contributed by atoms with van der Waals surface area (Å²) >= 11 is 0. The Morgan fingerprint density at radius 2 is 2.07 bits per heavy atom. The van der Waals surface area contributed by atoms with Gasteiger partial charge in [-0.2, -0.15) is 0 Å². The second-order valence-electron chi connectivity index (χ2n) is 5.33. The summed E-state index contributed by atoms with van der Waals surface area (Å²) in [5, 5.41) is 2.37. The fourth-order valence-corrected chi connectivity index (χ4v) is 2.12. The molecule has 0 aliphatic rings. The van der Waals surface area contributed by atoms with Crippen LogP contribution < -0.4 is 11.1 Å². The van der Waals surface area contributed by atoms with Crippen LogP contribution in [0.4, 0.5) is 23.2 Å². The van der Waals surface area contributed by atoms with E-state index in [1.807, 2.05) is 0 Å². The summed E-state index contributed by atoms with van der Waals surface area (Å²) in [7, 11) is 1.26. The SMILES string of the molecule is C/N=C(/N)O[C@H](CF)[C@H](F)c1cc(NC(=O)c2ccc(F)cn2)ccc1F. The molecule has 0 aliphatic heterocycles. The number of benzene rings is 1. The number of nitrogens with one attached hydrogen (secondary N) is 1. The zero-order valence-electron chi connectivity index (χ0n) is 14.1. The maximum atomic E-state index is 14.6. The molecular formula is C17H16F4N4O2. The minimum atomic E-state index is -2.21. The van der Waals surface area contributed by atoms with E-state index in [1.165, 1.54) is 13.1 Å². The van der Waals surface area contributed by atoms with Crippen LogP contribution in [0.1, 0.15) is 22.2 Å². The summed E-state index contributed by atoms with van der Waals surface area (Å²) in [5.74, 6) is -2.30. The molecule has 10 heteroatoms. The lowest BCUT2D eigenvalue weighted by atomic mass is 10.0. The lowest BCUT2D eigenvalue weighted by molar-refractivity contribution is 0.0632. The molecule has 6 nitrogen and oxygen atoms in total. The Hall–Kier alpha value is -3.17. The Kier molecular flexibility index (Phi) is 6.69. The van der Waals surface area contributed by atoms with E-state index in [-0.39, 0.29) is 11.4 Å². The van der Waals surface area contributed by atoms with Crippen molar-refractivity contribution in [1.29, 1.82) is 0 Å². The lowest BCUT2D eigenvalue weighted by Gasteiger charge is -2.20.